The van der Waals surface area contributed by atoms with Gasteiger partial charge in [-0.3, -0.25) is 4.79 Å². The third-order valence-corrected chi connectivity index (χ3v) is 2.67. The Balaban J connectivity index is 2.71. The normalized spacial score (nSPS) is 14.1. The number of halogens is 1. The maximum absolute atomic E-state index is 11.7. The average Bonchev–Trinajstić information content (AvgIpc) is 2.26. The molecule has 1 amide bonds. The van der Waals surface area contributed by atoms with E-state index in [0.717, 1.165) is 0 Å². The molecule has 1 atom stereocenters. The average molecular weight is 304 g/mol. The highest BCUT2D eigenvalue weighted by Gasteiger charge is 2.21. The van der Waals surface area contributed by atoms with E-state index in [0.29, 0.717) is 4.47 Å². The Morgan fingerprint density at radius 3 is 2.71 bits per heavy atom. The molecule has 0 aliphatic rings. The van der Waals surface area contributed by atoms with Gasteiger partial charge in [-0.1, -0.05) is 15.9 Å². The fraction of sp³-hybridized carbons (Fsp3) is 0.364. The van der Waals surface area contributed by atoms with Gasteiger partial charge in [-0.25, -0.2) is 0 Å². The molecular weight excluding hydrogens is 290 g/mol. The topological polar surface area (TPSA) is 89.8 Å². The van der Waals surface area contributed by atoms with Crippen molar-refractivity contribution >= 4 is 21.8 Å². The third kappa shape index (κ3) is 3.99. The van der Waals surface area contributed by atoms with Crippen molar-refractivity contribution in [2.24, 2.45) is 0 Å². The summed E-state index contributed by atoms with van der Waals surface area (Å²) in [5, 5.41) is 30.3. The van der Waals surface area contributed by atoms with E-state index < -0.39 is 18.1 Å². The van der Waals surface area contributed by atoms with E-state index in [9.17, 15) is 15.0 Å². The molecule has 0 fully saturated rings. The lowest BCUT2D eigenvalue weighted by molar-refractivity contribution is 0.00318. The molecule has 4 N–H and O–H groups in total. The number of rotatable bonds is 4. The van der Waals surface area contributed by atoms with Gasteiger partial charge in [0, 0.05) is 11.0 Å². The van der Waals surface area contributed by atoms with Crippen LogP contribution >= 0.6 is 15.9 Å². The van der Waals surface area contributed by atoms with E-state index in [-0.39, 0.29) is 17.9 Å². The zero-order valence-corrected chi connectivity index (χ0v) is 10.9. The van der Waals surface area contributed by atoms with Crippen molar-refractivity contribution < 1.29 is 20.1 Å². The van der Waals surface area contributed by atoms with Gasteiger partial charge in [-0.2, -0.15) is 0 Å². The van der Waals surface area contributed by atoms with Gasteiger partial charge in [0.05, 0.1) is 12.2 Å². The quantitative estimate of drug-likeness (QED) is 0.657. The van der Waals surface area contributed by atoms with Crippen molar-refractivity contribution in [1.29, 1.82) is 0 Å². The first kappa shape index (κ1) is 14.0. The Morgan fingerprint density at radius 1 is 1.53 bits per heavy atom. The molecule has 1 rings (SSSR count). The maximum atomic E-state index is 11.7. The number of hydrogen-bond acceptors (Lipinski definition) is 4. The van der Waals surface area contributed by atoms with E-state index in [1.165, 1.54) is 19.1 Å². The van der Waals surface area contributed by atoms with Gasteiger partial charge in [-0.15, -0.1) is 0 Å². The maximum Gasteiger partial charge on any atom is 0.255 e. The molecule has 1 unspecified atom stereocenters. The van der Waals surface area contributed by atoms with Gasteiger partial charge in [0.1, 0.15) is 11.4 Å². The van der Waals surface area contributed by atoms with Crippen molar-refractivity contribution in [1.82, 2.24) is 5.32 Å². The monoisotopic (exact) mass is 303 g/mol. The molecule has 1 aromatic carbocycles. The first-order valence-corrected chi connectivity index (χ1v) is 5.75. The lowest BCUT2D eigenvalue weighted by Crippen LogP contribution is -2.43. The molecule has 0 saturated carbocycles. The van der Waals surface area contributed by atoms with E-state index in [2.05, 4.69) is 21.2 Å². The largest absolute Gasteiger partial charge is 0.507 e. The Hall–Kier alpha value is -1.11. The zero-order chi connectivity index (χ0) is 13.1. The van der Waals surface area contributed by atoms with Crippen molar-refractivity contribution in [3.63, 3.8) is 0 Å². The first-order chi connectivity index (χ1) is 7.85. The second kappa shape index (κ2) is 5.48. The number of nitrogens with one attached hydrogen (secondary N) is 1. The molecule has 0 saturated heterocycles. The van der Waals surface area contributed by atoms with Gasteiger partial charge < -0.3 is 20.6 Å². The van der Waals surface area contributed by atoms with Crippen LogP contribution in [0, 0.1) is 0 Å². The Kier molecular flexibility index (Phi) is 4.50. The van der Waals surface area contributed by atoms with Gasteiger partial charge in [0.2, 0.25) is 0 Å². The molecule has 0 aliphatic heterocycles. The standard InChI is InChI=1S/C11H14BrNO4/c1-11(17,6-14)5-13-10(16)8-3-2-7(12)4-9(8)15/h2-4,14-15,17H,5-6H2,1H3,(H,13,16). The van der Waals surface area contributed by atoms with Crippen LogP contribution in [0.15, 0.2) is 22.7 Å². The Morgan fingerprint density at radius 2 is 2.18 bits per heavy atom. The minimum atomic E-state index is -1.37. The van der Waals surface area contributed by atoms with Crippen LogP contribution in [0.5, 0.6) is 5.75 Å². The van der Waals surface area contributed by atoms with Crippen molar-refractivity contribution in [2.45, 2.75) is 12.5 Å². The molecule has 0 aromatic heterocycles. The van der Waals surface area contributed by atoms with Gasteiger partial charge in [0.15, 0.2) is 0 Å². The summed E-state index contributed by atoms with van der Waals surface area (Å²) < 4.78 is 0.661. The summed E-state index contributed by atoms with van der Waals surface area (Å²) in [5.41, 5.74) is -1.26. The summed E-state index contributed by atoms with van der Waals surface area (Å²) in [6.45, 7) is 0.839. The lowest BCUT2D eigenvalue weighted by Gasteiger charge is -2.20. The fourth-order valence-corrected chi connectivity index (χ4v) is 1.47. The summed E-state index contributed by atoms with van der Waals surface area (Å²) in [4.78, 5) is 11.7. The number of benzene rings is 1. The van der Waals surface area contributed by atoms with Crippen molar-refractivity contribution in [3.05, 3.63) is 28.2 Å². The van der Waals surface area contributed by atoms with E-state index in [4.69, 9.17) is 5.11 Å². The molecule has 0 spiro atoms. The number of carbonyl (C=O) groups excluding carboxylic acids is 1. The zero-order valence-electron chi connectivity index (χ0n) is 9.27. The number of aliphatic hydroxyl groups excluding tert-OH is 1. The Labute approximate surface area is 107 Å². The number of phenolic OH excluding ortho intramolecular Hbond substituents is 1. The summed E-state index contributed by atoms with van der Waals surface area (Å²) >= 11 is 3.16. The molecule has 0 heterocycles. The highest BCUT2D eigenvalue weighted by molar-refractivity contribution is 9.10. The highest BCUT2D eigenvalue weighted by Crippen LogP contribution is 2.22. The van der Waals surface area contributed by atoms with Crippen LogP contribution in [-0.2, 0) is 0 Å². The summed E-state index contributed by atoms with van der Waals surface area (Å²) in [5.74, 6) is -0.663. The molecule has 5 nitrogen and oxygen atoms in total. The minimum Gasteiger partial charge on any atom is -0.507 e. The first-order valence-electron chi connectivity index (χ1n) is 4.96. The van der Waals surface area contributed by atoms with Crippen molar-refractivity contribution in [3.8, 4) is 5.75 Å². The number of aromatic hydroxyl groups is 1. The second-order valence-corrected chi connectivity index (χ2v) is 4.91. The summed E-state index contributed by atoms with van der Waals surface area (Å²) in [6.07, 6.45) is 0. The van der Waals surface area contributed by atoms with Gasteiger partial charge in [0.25, 0.3) is 5.91 Å². The van der Waals surface area contributed by atoms with Crippen LogP contribution in [0.2, 0.25) is 0 Å². The molecule has 0 aliphatic carbocycles. The molecule has 1 aromatic rings. The lowest BCUT2D eigenvalue weighted by atomic mass is 10.1. The van der Waals surface area contributed by atoms with Gasteiger partial charge >= 0.3 is 0 Å². The predicted molar refractivity (Wildman–Crippen MR) is 65.8 cm³/mol. The van der Waals surface area contributed by atoms with Crippen LogP contribution in [0.25, 0.3) is 0 Å². The van der Waals surface area contributed by atoms with Crippen LogP contribution in [0.4, 0.5) is 0 Å². The molecular formula is C11H14BrNO4. The second-order valence-electron chi connectivity index (χ2n) is 4.00. The van der Waals surface area contributed by atoms with E-state index >= 15 is 0 Å². The van der Waals surface area contributed by atoms with Crippen LogP contribution in [-0.4, -0.2) is 40.0 Å². The molecule has 17 heavy (non-hydrogen) atoms. The Bertz CT molecular complexity index is 420. The van der Waals surface area contributed by atoms with Crippen LogP contribution in [0.3, 0.4) is 0 Å². The number of phenols is 1. The van der Waals surface area contributed by atoms with Crippen LogP contribution in [0.1, 0.15) is 17.3 Å². The molecule has 6 heteroatoms. The van der Waals surface area contributed by atoms with Crippen LogP contribution < -0.4 is 5.32 Å². The number of carbonyl (C=O) groups is 1. The third-order valence-electron chi connectivity index (χ3n) is 2.17. The predicted octanol–water partition coefficient (Wildman–Crippen LogP) is 0.628. The fourth-order valence-electron chi connectivity index (χ4n) is 1.12. The van der Waals surface area contributed by atoms with Crippen molar-refractivity contribution in [2.75, 3.05) is 13.2 Å². The van der Waals surface area contributed by atoms with E-state index in [1.807, 2.05) is 0 Å². The highest BCUT2D eigenvalue weighted by atomic mass is 79.9. The molecule has 0 radical (unpaired) electrons. The van der Waals surface area contributed by atoms with Gasteiger partial charge in [-0.05, 0) is 25.1 Å². The van der Waals surface area contributed by atoms with E-state index in [1.54, 1.807) is 6.07 Å². The summed E-state index contributed by atoms with van der Waals surface area (Å²) in [7, 11) is 0. The number of aliphatic hydroxyl groups is 2. The molecule has 0 bridgehead atoms. The summed E-state index contributed by atoms with van der Waals surface area (Å²) in [6, 6.07) is 4.49. The number of hydrogen-bond donors (Lipinski definition) is 4. The molecule has 94 valence electrons. The number of amides is 1. The SMILES string of the molecule is CC(O)(CO)CNC(=O)c1ccc(Br)cc1O. The smallest absolute Gasteiger partial charge is 0.255 e. The minimum absolute atomic E-state index is 0.0994.